The van der Waals surface area contributed by atoms with E-state index in [0.717, 1.165) is 22.6 Å². The zero-order chi connectivity index (χ0) is 15.4. The highest BCUT2D eigenvalue weighted by Gasteiger charge is 2.15. The summed E-state index contributed by atoms with van der Waals surface area (Å²) in [6.45, 7) is 1.87. The molecule has 1 aromatic heterocycles. The number of rotatable bonds is 5. The van der Waals surface area contributed by atoms with Crippen LogP contribution in [0.3, 0.4) is 0 Å². The van der Waals surface area contributed by atoms with E-state index in [4.69, 9.17) is 9.84 Å². The Balaban J connectivity index is 2.05. The Morgan fingerprint density at radius 2 is 1.76 bits per heavy atom. The van der Waals surface area contributed by atoms with E-state index in [1.807, 2.05) is 31.2 Å². The highest BCUT2D eigenvalue weighted by atomic mass is 32.1. The van der Waals surface area contributed by atoms with Crippen LogP contribution in [0.25, 0.3) is 0 Å². The Hall–Kier alpha value is -2.34. The Bertz CT molecular complexity index is 648. The van der Waals surface area contributed by atoms with Gasteiger partial charge in [0.05, 0.1) is 18.0 Å². The first-order valence-electron chi connectivity index (χ1n) is 6.29. The Morgan fingerprint density at radius 1 is 1.14 bits per heavy atom. The molecule has 0 aliphatic carbocycles. The van der Waals surface area contributed by atoms with Crippen LogP contribution in [0.4, 0.5) is 0 Å². The number of ether oxygens (including phenoxy) is 1. The van der Waals surface area contributed by atoms with Crippen molar-refractivity contribution in [2.45, 2.75) is 13.0 Å². The molecule has 0 aliphatic rings. The molecule has 0 saturated heterocycles. The van der Waals surface area contributed by atoms with Gasteiger partial charge in [0, 0.05) is 0 Å². The van der Waals surface area contributed by atoms with Crippen LogP contribution in [-0.4, -0.2) is 24.1 Å². The summed E-state index contributed by atoms with van der Waals surface area (Å²) >= 11 is 0.961. The van der Waals surface area contributed by atoms with Crippen LogP contribution in [0, 0.1) is 0 Å². The number of hydrogen-bond acceptors (Lipinski definition) is 4. The van der Waals surface area contributed by atoms with Crippen molar-refractivity contribution in [2.24, 2.45) is 0 Å². The molecule has 0 bridgehead atoms. The molecule has 5 nitrogen and oxygen atoms in total. The second-order valence-electron chi connectivity index (χ2n) is 4.44. The van der Waals surface area contributed by atoms with Gasteiger partial charge in [-0.15, -0.1) is 11.3 Å². The topological polar surface area (TPSA) is 75.6 Å². The van der Waals surface area contributed by atoms with E-state index in [2.05, 4.69) is 5.32 Å². The second-order valence-corrected chi connectivity index (χ2v) is 5.52. The van der Waals surface area contributed by atoms with Crippen LogP contribution >= 0.6 is 11.3 Å². The maximum atomic E-state index is 12.1. The molecule has 1 aromatic carbocycles. The third-order valence-electron chi connectivity index (χ3n) is 3.00. The zero-order valence-corrected chi connectivity index (χ0v) is 12.4. The molecule has 0 saturated carbocycles. The molecule has 110 valence electrons. The van der Waals surface area contributed by atoms with Gasteiger partial charge in [-0.3, -0.25) is 4.79 Å². The number of thiophene rings is 1. The first-order valence-corrected chi connectivity index (χ1v) is 7.11. The van der Waals surface area contributed by atoms with Crippen molar-refractivity contribution in [2.75, 3.05) is 7.11 Å². The number of nitrogens with one attached hydrogen (secondary N) is 1. The first-order chi connectivity index (χ1) is 10.0. The van der Waals surface area contributed by atoms with Crippen LogP contribution < -0.4 is 10.1 Å². The van der Waals surface area contributed by atoms with Crippen molar-refractivity contribution in [3.05, 3.63) is 51.7 Å². The zero-order valence-electron chi connectivity index (χ0n) is 11.6. The van der Waals surface area contributed by atoms with Gasteiger partial charge in [-0.1, -0.05) is 12.1 Å². The molecule has 2 rings (SSSR count). The molecular weight excluding hydrogens is 290 g/mol. The summed E-state index contributed by atoms with van der Waals surface area (Å²) in [5, 5.41) is 11.7. The molecular formula is C15H15NO4S. The Kier molecular flexibility index (Phi) is 4.59. The van der Waals surface area contributed by atoms with Crippen LogP contribution in [0.2, 0.25) is 0 Å². The summed E-state index contributed by atoms with van der Waals surface area (Å²) in [5.41, 5.74) is 0.944. The lowest BCUT2D eigenvalue weighted by atomic mass is 10.1. The van der Waals surface area contributed by atoms with Crippen molar-refractivity contribution in [3.8, 4) is 5.75 Å². The number of methoxy groups -OCH3 is 1. The highest BCUT2D eigenvalue weighted by molar-refractivity contribution is 7.15. The van der Waals surface area contributed by atoms with Gasteiger partial charge in [0.15, 0.2) is 0 Å². The van der Waals surface area contributed by atoms with Crippen LogP contribution in [0.5, 0.6) is 5.75 Å². The molecule has 1 amide bonds. The standard InChI is InChI=1S/C15H15NO4S/c1-9(10-3-5-11(20-2)6-4-10)16-14(17)12-7-8-13(21-12)15(18)19/h3-9H,1-2H3,(H,16,17)(H,18,19). The Labute approximate surface area is 126 Å². The fourth-order valence-electron chi connectivity index (χ4n) is 1.82. The fraction of sp³-hybridized carbons (Fsp3) is 0.200. The number of aromatic carboxylic acids is 1. The molecule has 2 N–H and O–H groups in total. The maximum absolute atomic E-state index is 12.1. The van der Waals surface area contributed by atoms with E-state index in [0.29, 0.717) is 4.88 Å². The summed E-state index contributed by atoms with van der Waals surface area (Å²) in [4.78, 5) is 23.4. The summed E-state index contributed by atoms with van der Waals surface area (Å²) < 4.78 is 5.08. The molecule has 1 unspecified atom stereocenters. The smallest absolute Gasteiger partial charge is 0.345 e. The molecule has 0 aliphatic heterocycles. The van der Waals surface area contributed by atoms with Crippen molar-refractivity contribution in [3.63, 3.8) is 0 Å². The number of hydrogen-bond donors (Lipinski definition) is 2. The summed E-state index contributed by atoms with van der Waals surface area (Å²) in [5.74, 6) is -0.556. The van der Waals surface area contributed by atoms with Crippen molar-refractivity contribution >= 4 is 23.2 Å². The van der Waals surface area contributed by atoms with Crippen LogP contribution in [0.15, 0.2) is 36.4 Å². The Morgan fingerprint density at radius 3 is 2.29 bits per heavy atom. The molecule has 1 heterocycles. The average Bonchev–Trinajstić information content (AvgIpc) is 2.97. The molecule has 0 spiro atoms. The lowest BCUT2D eigenvalue weighted by Crippen LogP contribution is -2.25. The minimum Gasteiger partial charge on any atom is -0.497 e. The van der Waals surface area contributed by atoms with Gasteiger partial charge < -0.3 is 15.2 Å². The second kappa shape index (κ2) is 6.41. The average molecular weight is 305 g/mol. The number of carboxylic acids is 1. The van der Waals surface area contributed by atoms with Crippen molar-refractivity contribution in [1.82, 2.24) is 5.32 Å². The van der Waals surface area contributed by atoms with E-state index >= 15 is 0 Å². The molecule has 1 atom stereocenters. The minimum absolute atomic E-state index is 0.150. The third kappa shape index (κ3) is 3.61. The number of benzene rings is 1. The molecule has 6 heteroatoms. The van der Waals surface area contributed by atoms with Gasteiger partial charge in [-0.2, -0.15) is 0 Å². The van der Waals surface area contributed by atoms with Crippen LogP contribution in [0.1, 0.15) is 37.9 Å². The number of carbonyl (C=O) groups is 2. The van der Waals surface area contributed by atoms with E-state index in [9.17, 15) is 9.59 Å². The quantitative estimate of drug-likeness (QED) is 0.890. The molecule has 0 radical (unpaired) electrons. The summed E-state index contributed by atoms with van der Waals surface area (Å²) in [6.07, 6.45) is 0. The number of amides is 1. The largest absolute Gasteiger partial charge is 0.497 e. The minimum atomic E-state index is -1.03. The predicted octanol–water partition coefficient (Wildman–Crippen LogP) is 2.95. The SMILES string of the molecule is COc1ccc(C(C)NC(=O)c2ccc(C(=O)O)s2)cc1. The fourth-order valence-corrected chi connectivity index (χ4v) is 2.57. The monoisotopic (exact) mass is 305 g/mol. The van der Waals surface area contributed by atoms with Gasteiger partial charge in [0.2, 0.25) is 0 Å². The van der Waals surface area contributed by atoms with Gasteiger partial charge >= 0.3 is 5.97 Å². The molecule has 0 fully saturated rings. The van der Waals surface area contributed by atoms with E-state index < -0.39 is 5.97 Å². The van der Waals surface area contributed by atoms with E-state index in [-0.39, 0.29) is 16.8 Å². The van der Waals surface area contributed by atoms with Crippen molar-refractivity contribution < 1.29 is 19.4 Å². The lowest BCUT2D eigenvalue weighted by Gasteiger charge is -2.14. The highest BCUT2D eigenvalue weighted by Crippen LogP contribution is 2.20. The normalized spacial score (nSPS) is 11.7. The van der Waals surface area contributed by atoms with Gasteiger partial charge in [0.1, 0.15) is 10.6 Å². The maximum Gasteiger partial charge on any atom is 0.345 e. The third-order valence-corrected chi connectivity index (χ3v) is 4.08. The van der Waals surface area contributed by atoms with Gasteiger partial charge in [-0.25, -0.2) is 4.79 Å². The summed E-state index contributed by atoms with van der Waals surface area (Å²) in [6, 6.07) is 10.2. The van der Waals surface area contributed by atoms with Crippen LogP contribution in [-0.2, 0) is 0 Å². The van der Waals surface area contributed by atoms with E-state index in [1.165, 1.54) is 12.1 Å². The number of carbonyl (C=O) groups excluding carboxylic acids is 1. The summed E-state index contributed by atoms with van der Waals surface area (Å²) in [7, 11) is 1.59. The van der Waals surface area contributed by atoms with Crippen molar-refractivity contribution in [1.29, 1.82) is 0 Å². The predicted molar refractivity (Wildman–Crippen MR) is 80.2 cm³/mol. The molecule has 21 heavy (non-hydrogen) atoms. The van der Waals surface area contributed by atoms with E-state index in [1.54, 1.807) is 7.11 Å². The first kappa shape index (κ1) is 15.1. The lowest BCUT2D eigenvalue weighted by molar-refractivity contribution is 0.0702. The molecule has 2 aromatic rings. The van der Waals surface area contributed by atoms with Gasteiger partial charge in [0.25, 0.3) is 5.91 Å². The number of carboxylic acid groups (broad SMARTS) is 1. The van der Waals surface area contributed by atoms with Gasteiger partial charge in [-0.05, 0) is 36.8 Å².